The first kappa shape index (κ1) is 12.3. The highest BCUT2D eigenvalue weighted by atomic mass is 79.9. The molecule has 90 valence electrons. The number of nitrogens with one attached hydrogen (secondary N) is 2. The summed E-state index contributed by atoms with van der Waals surface area (Å²) in [6.45, 7) is 0. The van der Waals surface area contributed by atoms with Gasteiger partial charge in [-0.15, -0.1) is 0 Å². The second-order valence-corrected chi connectivity index (χ2v) is 4.61. The van der Waals surface area contributed by atoms with Crippen LogP contribution in [0.4, 0.5) is 4.39 Å². The molecule has 0 bridgehead atoms. The topological polar surface area (TPSA) is 40.7 Å². The standard InChI is InChI=1S/C12H13BrFN3/c1-15-11(12-16-4-5-17-12)7-8-6-9(14)2-3-10(8)13/h2-6,11,15H,7H2,1H3,(H,16,17). The normalized spacial score (nSPS) is 12.6. The number of H-pyrrole nitrogens is 1. The summed E-state index contributed by atoms with van der Waals surface area (Å²) >= 11 is 3.43. The highest BCUT2D eigenvalue weighted by Crippen LogP contribution is 2.23. The van der Waals surface area contributed by atoms with Gasteiger partial charge in [-0.25, -0.2) is 9.37 Å². The van der Waals surface area contributed by atoms with Crippen LogP contribution < -0.4 is 5.32 Å². The largest absolute Gasteiger partial charge is 0.347 e. The second-order valence-electron chi connectivity index (χ2n) is 3.76. The van der Waals surface area contributed by atoms with Crippen molar-refractivity contribution < 1.29 is 4.39 Å². The van der Waals surface area contributed by atoms with E-state index in [-0.39, 0.29) is 11.9 Å². The maximum atomic E-state index is 13.2. The number of nitrogens with zero attached hydrogens (tertiary/aromatic N) is 1. The molecular weight excluding hydrogens is 285 g/mol. The van der Waals surface area contributed by atoms with E-state index in [0.717, 1.165) is 15.9 Å². The molecule has 1 unspecified atom stereocenters. The van der Waals surface area contributed by atoms with Crippen LogP contribution in [0.25, 0.3) is 0 Å². The first-order chi connectivity index (χ1) is 8.20. The molecule has 0 aliphatic heterocycles. The van der Waals surface area contributed by atoms with Gasteiger partial charge in [0.2, 0.25) is 0 Å². The first-order valence-electron chi connectivity index (χ1n) is 5.31. The number of aromatic amines is 1. The fourth-order valence-electron chi connectivity index (χ4n) is 1.72. The van der Waals surface area contributed by atoms with Crippen molar-refractivity contribution in [1.82, 2.24) is 15.3 Å². The maximum Gasteiger partial charge on any atom is 0.123 e. The van der Waals surface area contributed by atoms with Crippen molar-refractivity contribution in [3.63, 3.8) is 0 Å². The molecule has 0 radical (unpaired) electrons. The van der Waals surface area contributed by atoms with E-state index < -0.39 is 0 Å². The van der Waals surface area contributed by atoms with Crippen molar-refractivity contribution >= 4 is 15.9 Å². The zero-order chi connectivity index (χ0) is 12.3. The Morgan fingerprint density at radius 1 is 1.53 bits per heavy atom. The first-order valence-corrected chi connectivity index (χ1v) is 6.10. The van der Waals surface area contributed by atoms with Crippen LogP contribution in [0.3, 0.4) is 0 Å². The summed E-state index contributed by atoms with van der Waals surface area (Å²) in [5.41, 5.74) is 0.917. The van der Waals surface area contributed by atoms with Crippen molar-refractivity contribution in [3.8, 4) is 0 Å². The van der Waals surface area contributed by atoms with E-state index in [4.69, 9.17) is 0 Å². The smallest absolute Gasteiger partial charge is 0.123 e. The monoisotopic (exact) mass is 297 g/mol. The summed E-state index contributed by atoms with van der Waals surface area (Å²) in [6, 6.07) is 4.74. The van der Waals surface area contributed by atoms with E-state index in [1.165, 1.54) is 12.1 Å². The molecule has 0 aliphatic carbocycles. The summed E-state index contributed by atoms with van der Waals surface area (Å²) < 4.78 is 14.1. The van der Waals surface area contributed by atoms with Gasteiger partial charge in [0.15, 0.2) is 0 Å². The quantitative estimate of drug-likeness (QED) is 0.911. The third kappa shape index (κ3) is 2.92. The number of hydrogen-bond acceptors (Lipinski definition) is 2. The van der Waals surface area contributed by atoms with Gasteiger partial charge >= 0.3 is 0 Å². The number of imidazole rings is 1. The minimum Gasteiger partial charge on any atom is -0.347 e. The van der Waals surface area contributed by atoms with Crippen molar-refractivity contribution in [2.24, 2.45) is 0 Å². The molecule has 17 heavy (non-hydrogen) atoms. The Bertz CT molecular complexity index is 485. The van der Waals surface area contributed by atoms with Crippen LogP contribution in [-0.4, -0.2) is 17.0 Å². The van der Waals surface area contributed by atoms with Gasteiger partial charge in [0.1, 0.15) is 11.6 Å². The lowest BCUT2D eigenvalue weighted by atomic mass is 10.1. The predicted molar refractivity (Wildman–Crippen MR) is 68.2 cm³/mol. The fraction of sp³-hybridized carbons (Fsp3) is 0.250. The molecule has 5 heteroatoms. The lowest BCUT2D eigenvalue weighted by Gasteiger charge is -2.14. The number of aromatic nitrogens is 2. The molecule has 1 heterocycles. The molecule has 1 aromatic heterocycles. The molecule has 0 saturated carbocycles. The van der Waals surface area contributed by atoms with E-state index in [9.17, 15) is 4.39 Å². The lowest BCUT2D eigenvalue weighted by Crippen LogP contribution is -2.20. The van der Waals surface area contributed by atoms with Crippen LogP contribution in [0.1, 0.15) is 17.4 Å². The summed E-state index contributed by atoms with van der Waals surface area (Å²) in [5.74, 6) is 0.626. The minimum atomic E-state index is -0.225. The van der Waals surface area contributed by atoms with Crippen LogP contribution in [0.15, 0.2) is 35.1 Å². The van der Waals surface area contributed by atoms with Crippen LogP contribution in [0.2, 0.25) is 0 Å². The summed E-state index contributed by atoms with van der Waals surface area (Å²) in [7, 11) is 1.86. The molecule has 0 aliphatic rings. The molecule has 2 N–H and O–H groups in total. The van der Waals surface area contributed by atoms with Gasteiger partial charge in [0.05, 0.1) is 6.04 Å². The molecule has 0 fully saturated rings. The van der Waals surface area contributed by atoms with E-state index in [2.05, 4.69) is 31.2 Å². The fourth-order valence-corrected chi connectivity index (χ4v) is 2.13. The highest BCUT2D eigenvalue weighted by molar-refractivity contribution is 9.10. The van der Waals surface area contributed by atoms with Gasteiger partial charge in [-0.05, 0) is 37.2 Å². The average Bonchev–Trinajstić information content (AvgIpc) is 2.84. The predicted octanol–water partition coefficient (Wildman–Crippen LogP) is 2.81. The number of likely N-dealkylation sites (N-methyl/N-ethyl adjacent to an activating group) is 1. The Hall–Kier alpha value is -1.20. The van der Waals surface area contributed by atoms with Gasteiger partial charge in [0, 0.05) is 16.9 Å². The Morgan fingerprint density at radius 3 is 3.00 bits per heavy atom. The summed E-state index contributed by atoms with van der Waals surface area (Å²) in [5, 5.41) is 3.16. The van der Waals surface area contributed by atoms with Gasteiger partial charge in [-0.2, -0.15) is 0 Å². The Labute approximate surface area is 108 Å². The van der Waals surface area contributed by atoms with E-state index in [0.29, 0.717) is 6.42 Å². The molecule has 0 amide bonds. The lowest BCUT2D eigenvalue weighted by molar-refractivity contribution is 0.558. The summed E-state index contributed by atoms with van der Waals surface area (Å²) in [4.78, 5) is 7.27. The van der Waals surface area contributed by atoms with Crippen molar-refractivity contribution in [2.75, 3.05) is 7.05 Å². The second kappa shape index (κ2) is 5.42. The molecular formula is C12H13BrFN3. The maximum absolute atomic E-state index is 13.2. The van der Waals surface area contributed by atoms with Gasteiger partial charge in [-0.1, -0.05) is 15.9 Å². The van der Waals surface area contributed by atoms with E-state index in [1.54, 1.807) is 18.5 Å². The molecule has 3 nitrogen and oxygen atoms in total. The molecule has 2 rings (SSSR count). The van der Waals surface area contributed by atoms with Gasteiger partial charge < -0.3 is 10.3 Å². The van der Waals surface area contributed by atoms with E-state index >= 15 is 0 Å². The zero-order valence-electron chi connectivity index (χ0n) is 9.37. The molecule has 0 spiro atoms. The van der Waals surface area contributed by atoms with Crippen LogP contribution in [-0.2, 0) is 6.42 Å². The van der Waals surface area contributed by atoms with Gasteiger partial charge in [0.25, 0.3) is 0 Å². The van der Waals surface area contributed by atoms with Crippen molar-refractivity contribution in [3.05, 3.63) is 52.3 Å². The molecule has 1 aromatic carbocycles. The minimum absolute atomic E-state index is 0.0445. The number of hydrogen-bond donors (Lipinski definition) is 2. The van der Waals surface area contributed by atoms with Crippen LogP contribution in [0.5, 0.6) is 0 Å². The highest BCUT2D eigenvalue weighted by Gasteiger charge is 2.14. The third-order valence-corrected chi connectivity index (χ3v) is 3.40. The Kier molecular flexibility index (Phi) is 3.91. The Balaban J connectivity index is 2.21. The van der Waals surface area contributed by atoms with Crippen molar-refractivity contribution in [2.45, 2.75) is 12.5 Å². The number of rotatable bonds is 4. The van der Waals surface area contributed by atoms with Crippen LogP contribution >= 0.6 is 15.9 Å². The van der Waals surface area contributed by atoms with Crippen LogP contribution in [0, 0.1) is 5.82 Å². The molecule has 2 aromatic rings. The number of halogens is 2. The SMILES string of the molecule is CNC(Cc1cc(F)ccc1Br)c1ncc[nH]1. The van der Waals surface area contributed by atoms with Crippen molar-refractivity contribution in [1.29, 1.82) is 0 Å². The van der Waals surface area contributed by atoms with Gasteiger partial charge in [-0.3, -0.25) is 0 Å². The zero-order valence-corrected chi connectivity index (χ0v) is 11.0. The Morgan fingerprint density at radius 2 is 2.35 bits per heavy atom. The summed E-state index contributed by atoms with van der Waals surface area (Å²) in [6.07, 6.45) is 4.16. The van der Waals surface area contributed by atoms with E-state index in [1.807, 2.05) is 7.05 Å². The molecule has 0 saturated heterocycles. The molecule has 1 atom stereocenters. The number of benzene rings is 1. The average molecular weight is 298 g/mol. The third-order valence-electron chi connectivity index (χ3n) is 2.63.